The van der Waals surface area contributed by atoms with Crippen molar-refractivity contribution in [3.8, 4) is 0 Å². The Morgan fingerprint density at radius 2 is 2.06 bits per heavy atom. The van der Waals surface area contributed by atoms with E-state index in [1.54, 1.807) is 0 Å². The summed E-state index contributed by atoms with van der Waals surface area (Å²) in [5.41, 5.74) is 7.31. The second-order valence-electron chi connectivity index (χ2n) is 4.66. The lowest BCUT2D eigenvalue weighted by molar-refractivity contribution is 0.451. The zero-order valence-electron chi connectivity index (χ0n) is 9.26. The summed E-state index contributed by atoms with van der Waals surface area (Å²) in [4.78, 5) is 0. The van der Waals surface area contributed by atoms with Crippen LogP contribution >= 0.6 is 27.5 Å². The number of halogens is 2. The van der Waals surface area contributed by atoms with Gasteiger partial charge in [0, 0.05) is 15.5 Å². The summed E-state index contributed by atoms with van der Waals surface area (Å²) in [6.07, 6.45) is 6.47. The summed E-state index contributed by atoms with van der Waals surface area (Å²) in [6, 6.07) is 6.05. The number of hydrogen-bond donors (Lipinski definition) is 1. The lowest BCUT2D eigenvalue weighted by atomic mass is 9.94. The minimum absolute atomic E-state index is 0.0868. The van der Waals surface area contributed by atoms with Gasteiger partial charge in [-0.2, -0.15) is 0 Å². The predicted octanol–water partition coefficient (Wildman–Crippen LogP) is 4.68. The predicted molar refractivity (Wildman–Crippen MR) is 72.7 cm³/mol. The average Bonchev–Trinajstić information content (AvgIpc) is 2.70. The van der Waals surface area contributed by atoms with Gasteiger partial charge in [-0.05, 0) is 30.0 Å². The van der Waals surface area contributed by atoms with E-state index >= 15 is 0 Å². The molecule has 2 rings (SSSR count). The van der Waals surface area contributed by atoms with Crippen molar-refractivity contribution in [3.05, 3.63) is 33.3 Å². The van der Waals surface area contributed by atoms with Gasteiger partial charge < -0.3 is 5.73 Å². The first-order valence-electron chi connectivity index (χ1n) is 5.87. The highest BCUT2D eigenvalue weighted by Gasteiger charge is 2.20. The molecular weight excluding hydrogens is 286 g/mol. The van der Waals surface area contributed by atoms with Gasteiger partial charge in [-0.25, -0.2) is 0 Å². The van der Waals surface area contributed by atoms with Crippen LogP contribution in [0.4, 0.5) is 0 Å². The van der Waals surface area contributed by atoms with Crippen molar-refractivity contribution in [2.45, 2.75) is 38.1 Å². The molecule has 0 aliphatic heterocycles. The van der Waals surface area contributed by atoms with Crippen molar-refractivity contribution in [1.29, 1.82) is 0 Å². The third kappa shape index (κ3) is 2.99. The summed E-state index contributed by atoms with van der Waals surface area (Å²) < 4.78 is 1.01. The second-order valence-corrected chi connectivity index (χ2v) is 5.98. The molecule has 2 N–H and O–H groups in total. The zero-order valence-corrected chi connectivity index (χ0v) is 11.6. The van der Waals surface area contributed by atoms with E-state index in [4.69, 9.17) is 17.3 Å². The Morgan fingerprint density at radius 1 is 1.38 bits per heavy atom. The van der Waals surface area contributed by atoms with E-state index in [9.17, 15) is 0 Å². The molecule has 0 heterocycles. The number of hydrogen-bond acceptors (Lipinski definition) is 1. The molecule has 1 aromatic carbocycles. The summed E-state index contributed by atoms with van der Waals surface area (Å²) in [7, 11) is 0. The number of benzene rings is 1. The van der Waals surface area contributed by atoms with E-state index in [2.05, 4.69) is 15.9 Å². The van der Waals surface area contributed by atoms with E-state index in [1.165, 1.54) is 25.7 Å². The van der Waals surface area contributed by atoms with E-state index in [0.717, 1.165) is 27.4 Å². The smallest absolute Gasteiger partial charge is 0.0464 e. The van der Waals surface area contributed by atoms with E-state index in [-0.39, 0.29) is 6.04 Å². The lowest BCUT2D eigenvalue weighted by Crippen LogP contribution is -2.14. The molecule has 88 valence electrons. The van der Waals surface area contributed by atoms with Crippen LogP contribution in [0.1, 0.15) is 43.7 Å². The van der Waals surface area contributed by atoms with E-state index < -0.39 is 0 Å². The Kier molecular flexibility index (Phi) is 4.28. The summed E-state index contributed by atoms with van der Waals surface area (Å²) >= 11 is 9.61. The van der Waals surface area contributed by atoms with Crippen molar-refractivity contribution < 1.29 is 0 Å². The minimum Gasteiger partial charge on any atom is -0.324 e. The van der Waals surface area contributed by atoms with Gasteiger partial charge in [-0.15, -0.1) is 0 Å². The molecule has 0 aromatic heterocycles. The molecule has 0 saturated heterocycles. The van der Waals surface area contributed by atoms with Crippen LogP contribution in [0, 0.1) is 5.92 Å². The van der Waals surface area contributed by atoms with Gasteiger partial charge in [-0.1, -0.05) is 59.3 Å². The first-order valence-corrected chi connectivity index (χ1v) is 7.04. The fourth-order valence-electron chi connectivity index (χ4n) is 2.53. The molecule has 0 radical (unpaired) electrons. The van der Waals surface area contributed by atoms with Gasteiger partial charge in [0.05, 0.1) is 0 Å². The van der Waals surface area contributed by atoms with Crippen molar-refractivity contribution >= 4 is 27.5 Å². The van der Waals surface area contributed by atoms with Crippen LogP contribution in [-0.2, 0) is 0 Å². The third-order valence-electron chi connectivity index (χ3n) is 3.42. The van der Waals surface area contributed by atoms with Crippen LogP contribution in [0.5, 0.6) is 0 Å². The summed E-state index contributed by atoms with van der Waals surface area (Å²) in [6.45, 7) is 0. The molecule has 1 aromatic rings. The van der Waals surface area contributed by atoms with Gasteiger partial charge >= 0.3 is 0 Å². The highest BCUT2D eigenvalue weighted by molar-refractivity contribution is 9.10. The first kappa shape index (κ1) is 12.4. The maximum absolute atomic E-state index is 6.23. The Bertz CT molecular complexity index is 361. The maximum atomic E-state index is 6.23. The van der Waals surface area contributed by atoms with Crippen molar-refractivity contribution in [1.82, 2.24) is 0 Å². The number of nitrogens with two attached hydrogens (primary N) is 1. The minimum atomic E-state index is 0.0868. The van der Waals surface area contributed by atoms with Gasteiger partial charge in [0.1, 0.15) is 0 Å². The van der Waals surface area contributed by atoms with Crippen molar-refractivity contribution in [3.63, 3.8) is 0 Å². The molecule has 1 unspecified atom stereocenters. The molecule has 0 spiro atoms. The Labute approximate surface area is 110 Å². The third-order valence-corrected chi connectivity index (χ3v) is 4.24. The fraction of sp³-hybridized carbons (Fsp3) is 0.538. The maximum Gasteiger partial charge on any atom is 0.0464 e. The SMILES string of the molecule is NC(CC1CCCC1)c1ccc(Br)cc1Cl. The number of rotatable bonds is 3. The van der Waals surface area contributed by atoms with Crippen LogP contribution in [-0.4, -0.2) is 0 Å². The zero-order chi connectivity index (χ0) is 11.5. The second kappa shape index (κ2) is 5.52. The average molecular weight is 303 g/mol. The molecule has 1 saturated carbocycles. The normalized spacial score (nSPS) is 18.9. The van der Waals surface area contributed by atoms with Gasteiger partial charge in [0.15, 0.2) is 0 Å². The molecule has 1 aliphatic rings. The molecule has 0 amide bonds. The largest absolute Gasteiger partial charge is 0.324 e. The van der Waals surface area contributed by atoms with Crippen molar-refractivity contribution in [2.75, 3.05) is 0 Å². The Morgan fingerprint density at radius 3 is 2.69 bits per heavy atom. The Balaban J connectivity index is 2.04. The summed E-state index contributed by atoms with van der Waals surface area (Å²) in [5, 5.41) is 0.778. The molecular formula is C13H17BrClN. The monoisotopic (exact) mass is 301 g/mol. The van der Waals surface area contributed by atoms with E-state index in [1.807, 2.05) is 18.2 Å². The van der Waals surface area contributed by atoms with Crippen LogP contribution in [0.3, 0.4) is 0 Å². The lowest BCUT2D eigenvalue weighted by Gasteiger charge is -2.17. The molecule has 1 atom stereocenters. The molecule has 16 heavy (non-hydrogen) atoms. The highest BCUT2D eigenvalue weighted by Crippen LogP contribution is 2.34. The highest BCUT2D eigenvalue weighted by atomic mass is 79.9. The summed E-state index contributed by atoms with van der Waals surface area (Å²) in [5.74, 6) is 0.801. The quantitative estimate of drug-likeness (QED) is 0.862. The van der Waals surface area contributed by atoms with Crippen LogP contribution in [0.2, 0.25) is 5.02 Å². The molecule has 1 fully saturated rings. The topological polar surface area (TPSA) is 26.0 Å². The molecule has 0 bridgehead atoms. The first-order chi connectivity index (χ1) is 7.66. The fourth-order valence-corrected chi connectivity index (χ4v) is 3.35. The molecule has 1 nitrogen and oxygen atoms in total. The Hall–Kier alpha value is -0.0500. The van der Waals surface area contributed by atoms with Gasteiger partial charge in [-0.3, -0.25) is 0 Å². The standard InChI is InChI=1S/C13H17BrClN/c14-10-5-6-11(12(15)8-10)13(16)7-9-3-1-2-4-9/h5-6,8-9,13H,1-4,7,16H2. The molecule has 3 heteroatoms. The van der Waals surface area contributed by atoms with Crippen molar-refractivity contribution in [2.24, 2.45) is 11.7 Å². The van der Waals surface area contributed by atoms with E-state index in [0.29, 0.717) is 0 Å². The van der Waals surface area contributed by atoms with Crippen LogP contribution in [0.25, 0.3) is 0 Å². The van der Waals surface area contributed by atoms with Gasteiger partial charge in [0.25, 0.3) is 0 Å². The molecule has 1 aliphatic carbocycles. The van der Waals surface area contributed by atoms with Crippen LogP contribution in [0.15, 0.2) is 22.7 Å². The van der Waals surface area contributed by atoms with Gasteiger partial charge in [0.2, 0.25) is 0 Å². The van der Waals surface area contributed by atoms with Crippen LogP contribution < -0.4 is 5.73 Å².